The number of ether oxygens (including phenoxy) is 2. The van der Waals surface area contributed by atoms with Crippen molar-refractivity contribution in [2.75, 3.05) is 18.5 Å². The Morgan fingerprint density at radius 1 is 1.08 bits per heavy atom. The van der Waals surface area contributed by atoms with Gasteiger partial charge in [-0.3, -0.25) is 9.59 Å². The highest BCUT2D eigenvalue weighted by Gasteiger charge is 2.32. The van der Waals surface area contributed by atoms with Crippen LogP contribution in [0.1, 0.15) is 10.4 Å². The van der Waals surface area contributed by atoms with E-state index in [9.17, 15) is 18.8 Å². The SMILES string of the molecule is O=C1COC(Nc2ccccc2)=C1C(=O)OCC(=O)c1ccc(F)cc1. The fraction of sp³-hybridized carbons (Fsp3) is 0.105. The van der Waals surface area contributed by atoms with E-state index in [1.54, 1.807) is 24.3 Å². The number of Topliss-reactive ketones (excluding diaryl/α,β-unsaturated/α-hetero) is 2. The average Bonchev–Trinajstić information content (AvgIpc) is 3.01. The predicted molar refractivity (Wildman–Crippen MR) is 89.7 cm³/mol. The molecule has 2 aromatic carbocycles. The van der Waals surface area contributed by atoms with Crippen LogP contribution >= 0.6 is 0 Å². The molecule has 1 aliphatic heterocycles. The van der Waals surface area contributed by atoms with Crippen molar-refractivity contribution in [2.24, 2.45) is 0 Å². The van der Waals surface area contributed by atoms with Crippen molar-refractivity contribution in [3.05, 3.63) is 77.4 Å². The minimum Gasteiger partial charge on any atom is -0.470 e. The van der Waals surface area contributed by atoms with E-state index in [1.807, 2.05) is 6.07 Å². The van der Waals surface area contributed by atoms with Crippen LogP contribution in [0.5, 0.6) is 0 Å². The molecule has 1 N–H and O–H groups in total. The van der Waals surface area contributed by atoms with E-state index >= 15 is 0 Å². The topological polar surface area (TPSA) is 81.7 Å². The van der Waals surface area contributed by atoms with Gasteiger partial charge in [0.05, 0.1) is 0 Å². The number of ketones is 2. The average molecular weight is 355 g/mol. The Bertz CT molecular complexity index is 875. The third kappa shape index (κ3) is 3.94. The minimum absolute atomic E-state index is 0.0135. The molecule has 0 saturated heterocycles. The van der Waals surface area contributed by atoms with Crippen molar-refractivity contribution in [3.8, 4) is 0 Å². The molecule has 0 fully saturated rings. The number of halogens is 1. The smallest absolute Gasteiger partial charge is 0.347 e. The number of esters is 1. The third-order valence-corrected chi connectivity index (χ3v) is 3.59. The lowest BCUT2D eigenvalue weighted by molar-refractivity contribution is -0.139. The van der Waals surface area contributed by atoms with Gasteiger partial charge in [-0.1, -0.05) is 18.2 Å². The first-order valence-corrected chi connectivity index (χ1v) is 7.73. The van der Waals surface area contributed by atoms with Crippen molar-refractivity contribution in [2.45, 2.75) is 0 Å². The molecule has 0 radical (unpaired) electrons. The lowest BCUT2D eigenvalue weighted by Gasteiger charge is -2.08. The number of rotatable bonds is 6. The van der Waals surface area contributed by atoms with Crippen LogP contribution < -0.4 is 5.32 Å². The van der Waals surface area contributed by atoms with Crippen molar-refractivity contribution in [3.63, 3.8) is 0 Å². The van der Waals surface area contributed by atoms with Gasteiger partial charge in [-0.15, -0.1) is 0 Å². The van der Waals surface area contributed by atoms with E-state index in [-0.39, 0.29) is 23.6 Å². The summed E-state index contributed by atoms with van der Waals surface area (Å²) in [6.07, 6.45) is 0. The summed E-state index contributed by atoms with van der Waals surface area (Å²) < 4.78 is 23.0. The summed E-state index contributed by atoms with van der Waals surface area (Å²) in [6.45, 7) is -0.856. The normalized spacial score (nSPS) is 13.3. The second kappa shape index (κ2) is 7.60. The maximum atomic E-state index is 12.9. The first kappa shape index (κ1) is 17.3. The van der Waals surface area contributed by atoms with Crippen LogP contribution in [-0.2, 0) is 19.1 Å². The van der Waals surface area contributed by atoms with E-state index in [0.717, 1.165) is 12.1 Å². The summed E-state index contributed by atoms with van der Waals surface area (Å²) in [5.74, 6) is -2.50. The highest BCUT2D eigenvalue weighted by Crippen LogP contribution is 2.20. The van der Waals surface area contributed by atoms with Gasteiger partial charge in [0.1, 0.15) is 5.82 Å². The van der Waals surface area contributed by atoms with Crippen LogP contribution in [0.3, 0.4) is 0 Å². The van der Waals surface area contributed by atoms with Gasteiger partial charge in [-0.25, -0.2) is 9.18 Å². The first-order chi connectivity index (χ1) is 12.5. The van der Waals surface area contributed by atoms with Gasteiger partial charge in [0.25, 0.3) is 0 Å². The Morgan fingerprint density at radius 3 is 2.46 bits per heavy atom. The number of anilines is 1. The molecule has 2 aromatic rings. The highest BCUT2D eigenvalue weighted by atomic mass is 19.1. The fourth-order valence-electron chi connectivity index (χ4n) is 2.29. The second-order valence-corrected chi connectivity index (χ2v) is 5.41. The van der Waals surface area contributed by atoms with Crippen LogP contribution in [0.2, 0.25) is 0 Å². The van der Waals surface area contributed by atoms with Gasteiger partial charge < -0.3 is 14.8 Å². The molecular formula is C19H14FNO5. The van der Waals surface area contributed by atoms with E-state index in [1.165, 1.54) is 12.1 Å². The Balaban J connectivity index is 1.68. The van der Waals surface area contributed by atoms with Gasteiger partial charge in [0.15, 0.2) is 24.6 Å². The molecule has 0 spiro atoms. The van der Waals surface area contributed by atoms with Crippen LogP contribution in [0.4, 0.5) is 10.1 Å². The minimum atomic E-state index is -0.957. The van der Waals surface area contributed by atoms with Crippen molar-refractivity contribution in [1.82, 2.24) is 0 Å². The number of hydrogen-bond donors (Lipinski definition) is 1. The number of nitrogens with one attached hydrogen (secondary N) is 1. The molecular weight excluding hydrogens is 341 g/mol. The number of carbonyl (C=O) groups is 3. The maximum absolute atomic E-state index is 12.9. The molecule has 0 aromatic heterocycles. The summed E-state index contributed by atoms with van der Waals surface area (Å²) in [5.41, 5.74) is 0.551. The van der Waals surface area contributed by atoms with E-state index in [4.69, 9.17) is 9.47 Å². The molecule has 0 amide bonds. The van der Waals surface area contributed by atoms with Gasteiger partial charge >= 0.3 is 5.97 Å². The van der Waals surface area contributed by atoms with E-state index in [0.29, 0.717) is 5.69 Å². The molecule has 6 nitrogen and oxygen atoms in total. The summed E-state index contributed by atoms with van der Waals surface area (Å²) in [4.78, 5) is 36.1. The lowest BCUT2D eigenvalue weighted by Crippen LogP contribution is -2.20. The lowest BCUT2D eigenvalue weighted by atomic mass is 10.1. The first-order valence-electron chi connectivity index (χ1n) is 7.73. The molecule has 1 heterocycles. The molecule has 0 bridgehead atoms. The zero-order chi connectivity index (χ0) is 18.5. The summed E-state index contributed by atoms with van der Waals surface area (Å²) in [6, 6.07) is 13.7. The number of carbonyl (C=O) groups excluding carboxylic acids is 3. The quantitative estimate of drug-likeness (QED) is 0.487. The van der Waals surface area contributed by atoms with E-state index < -0.39 is 30.0 Å². The predicted octanol–water partition coefficient (Wildman–Crippen LogP) is 2.47. The summed E-state index contributed by atoms with van der Waals surface area (Å²) in [5, 5.41) is 2.84. The van der Waals surface area contributed by atoms with Gasteiger partial charge in [-0.05, 0) is 36.4 Å². The van der Waals surface area contributed by atoms with E-state index in [2.05, 4.69) is 5.32 Å². The molecule has 132 valence electrons. The molecule has 0 atom stereocenters. The summed E-state index contributed by atoms with van der Waals surface area (Å²) >= 11 is 0. The largest absolute Gasteiger partial charge is 0.470 e. The molecule has 0 aliphatic carbocycles. The third-order valence-electron chi connectivity index (χ3n) is 3.59. The molecule has 3 rings (SSSR count). The molecule has 1 aliphatic rings. The summed E-state index contributed by atoms with van der Waals surface area (Å²) in [7, 11) is 0. The van der Waals surface area contributed by atoms with Crippen LogP contribution in [0, 0.1) is 5.82 Å². The monoisotopic (exact) mass is 355 g/mol. The molecule has 26 heavy (non-hydrogen) atoms. The molecule has 7 heteroatoms. The Morgan fingerprint density at radius 2 is 1.77 bits per heavy atom. The fourth-order valence-corrected chi connectivity index (χ4v) is 2.29. The Kier molecular flexibility index (Phi) is 5.07. The van der Waals surface area contributed by atoms with Crippen LogP contribution in [0.25, 0.3) is 0 Å². The highest BCUT2D eigenvalue weighted by molar-refractivity contribution is 6.20. The van der Waals surface area contributed by atoms with Gasteiger partial charge in [0.2, 0.25) is 11.7 Å². The Labute approximate surface area is 148 Å². The standard InChI is InChI=1S/C19H14FNO5/c20-13-8-6-12(7-9-13)15(22)10-26-19(24)17-16(23)11-25-18(17)21-14-4-2-1-3-5-14/h1-9,21H,10-11H2. The van der Waals surface area contributed by atoms with Gasteiger partial charge in [0, 0.05) is 11.3 Å². The maximum Gasteiger partial charge on any atom is 0.347 e. The second-order valence-electron chi connectivity index (χ2n) is 5.41. The Hall–Kier alpha value is -3.48. The zero-order valence-corrected chi connectivity index (χ0v) is 13.5. The van der Waals surface area contributed by atoms with Crippen LogP contribution in [-0.4, -0.2) is 30.7 Å². The zero-order valence-electron chi connectivity index (χ0n) is 13.5. The van der Waals surface area contributed by atoms with Crippen molar-refractivity contribution in [1.29, 1.82) is 0 Å². The number of hydrogen-bond acceptors (Lipinski definition) is 6. The molecule has 0 saturated carbocycles. The van der Waals surface area contributed by atoms with Crippen molar-refractivity contribution >= 4 is 23.2 Å². The van der Waals surface area contributed by atoms with Gasteiger partial charge in [-0.2, -0.15) is 0 Å². The molecule has 0 unspecified atom stereocenters. The number of benzene rings is 2. The van der Waals surface area contributed by atoms with Crippen LogP contribution in [0.15, 0.2) is 66.1 Å². The number of para-hydroxylation sites is 1. The van der Waals surface area contributed by atoms with Crippen molar-refractivity contribution < 1.29 is 28.2 Å².